The Bertz CT molecular complexity index is 325. The zero-order valence-electron chi connectivity index (χ0n) is 10.6. The Morgan fingerprint density at radius 1 is 1.35 bits per heavy atom. The van der Waals surface area contributed by atoms with Crippen molar-refractivity contribution >= 4 is 0 Å². The van der Waals surface area contributed by atoms with Gasteiger partial charge in [0.1, 0.15) is 0 Å². The molecule has 0 saturated carbocycles. The maximum Gasteiger partial charge on any atom is 0.0590 e. The first-order valence-electron chi connectivity index (χ1n) is 6.68. The lowest BCUT2D eigenvalue weighted by Gasteiger charge is -2.21. The van der Waals surface area contributed by atoms with E-state index in [-0.39, 0.29) is 0 Å². The molecule has 0 amide bonds. The first-order valence-corrected chi connectivity index (χ1v) is 6.68. The maximum atomic E-state index is 6.25. The fraction of sp³-hybridized carbons (Fsp3) is 0.600. The average molecular weight is 233 g/mol. The van der Waals surface area contributed by atoms with Crippen LogP contribution in [0.5, 0.6) is 0 Å². The van der Waals surface area contributed by atoms with Crippen molar-refractivity contribution in [3.63, 3.8) is 0 Å². The minimum atomic E-state index is 0.302. The minimum absolute atomic E-state index is 0.302. The van der Waals surface area contributed by atoms with E-state index in [1.54, 1.807) is 0 Å². The molecular formula is C15H23NO. The lowest BCUT2D eigenvalue weighted by atomic mass is 9.90. The lowest BCUT2D eigenvalue weighted by Crippen LogP contribution is -2.34. The van der Waals surface area contributed by atoms with Gasteiger partial charge in [-0.05, 0) is 38.2 Å². The number of nitrogens with two attached hydrogens (primary N) is 1. The third-order valence-corrected chi connectivity index (χ3v) is 3.83. The average Bonchev–Trinajstić information content (AvgIpc) is 2.77. The van der Waals surface area contributed by atoms with Gasteiger partial charge in [-0.15, -0.1) is 0 Å². The monoisotopic (exact) mass is 233 g/mol. The summed E-state index contributed by atoms with van der Waals surface area (Å²) in [6.07, 6.45) is 4.90. The highest BCUT2D eigenvalue weighted by molar-refractivity contribution is 5.14. The molecule has 2 heteroatoms. The van der Waals surface area contributed by atoms with Gasteiger partial charge in [0.25, 0.3) is 0 Å². The quantitative estimate of drug-likeness (QED) is 0.848. The Kier molecular flexibility index (Phi) is 4.57. The summed E-state index contributed by atoms with van der Waals surface area (Å²) in [5.41, 5.74) is 7.67. The molecule has 3 atom stereocenters. The first-order chi connectivity index (χ1) is 8.27. The molecule has 94 valence electrons. The van der Waals surface area contributed by atoms with Crippen LogP contribution in [-0.2, 0) is 11.2 Å². The van der Waals surface area contributed by atoms with E-state index in [1.165, 1.54) is 12.0 Å². The molecule has 1 heterocycles. The number of ether oxygens (including phenoxy) is 1. The highest BCUT2D eigenvalue weighted by Crippen LogP contribution is 2.25. The molecule has 0 radical (unpaired) electrons. The number of rotatable bonds is 5. The fourth-order valence-corrected chi connectivity index (χ4v) is 2.71. The highest BCUT2D eigenvalue weighted by atomic mass is 16.5. The second-order valence-electron chi connectivity index (χ2n) is 5.07. The molecule has 3 unspecified atom stereocenters. The van der Waals surface area contributed by atoms with Crippen molar-refractivity contribution < 1.29 is 4.74 Å². The summed E-state index contributed by atoms with van der Waals surface area (Å²) < 4.78 is 5.57. The predicted molar refractivity (Wildman–Crippen MR) is 70.9 cm³/mol. The highest BCUT2D eigenvalue weighted by Gasteiger charge is 2.29. The van der Waals surface area contributed by atoms with Crippen LogP contribution >= 0.6 is 0 Å². The summed E-state index contributed by atoms with van der Waals surface area (Å²) in [5, 5.41) is 0. The third-order valence-electron chi connectivity index (χ3n) is 3.83. The molecule has 1 saturated heterocycles. The molecule has 1 fully saturated rings. The summed E-state index contributed by atoms with van der Waals surface area (Å²) in [7, 11) is 0. The van der Waals surface area contributed by atoms with Gasteiger partial charge in [0.05, 0.1) is 6.10 Å². The Labute approximate surface area is 104 Å². The summed E-state index contributed by atoms with van der Waals surface area (Å²) in [5.74, 6) is 0.561. The maximum absolute atomic E-state index is 6.25. The van der Waals surface area contributed by atoms with E-state index >= 15 is 0 Å². The molecule has 1 aliphatic heterocycles. The van der Waals surface area contributed by atoms with Gasteiger partial charge in [-0.2, -0.15) is 0 Å². The van der Waals surface area contributed by atoms with E-state index in [1.807, 2.05) is 0 Å². The zero-order valence-corrected chi connectivity index (χ0v) is 10.6. The standard InChI is InChI=1S/C15H23NO/c1-12-14(10-11-17-12)15(16)9-5-8-13-6-3-2-4-7-13/h2-4,6-7,12,14-15H,5,8-11,16H2,1H3. The SMILES string of the molecule is CC1OCCC1C(N)CCCc1ccccc1. The number of hydrogen-bond donors (Lipinski definition) is 1. The van der Waals surface area contributed by atoms with E-state index < -0.39 is 0 Å². The van der Waals surface area contributed by atoms with Crippen LogP contribution in [0.15, 0.2) is 30.3 Å². The summed E-state index contributed by atoms with van der Waals surface area (Å²) >= 11 is 0. The molecular weight excluding hydrogens is 210 g/mol. The van der Waals surface area contributed by atoms with E-state index in [9.17, 15) is 0 Å². The van der Waals surface area contributed by atoms with Crippen molar-refractivity contribution in [3.05, 3.63) is 35.9 Å². The van der Waals surface area contributed by atoms with Gasteiger partial charge < -0.3 is 10.5 Å². The van der Waals surface area contributed by atoms with Gasteiger partial charge in [-0.25, -0.2) is 0 Å². The van der Waals surface area contributed by atoms with Crippen molar-refractivity contribution in [2.75, 3.05) is 6.61 Å². The number of aryl methyl sites for hydroxylation is 1. The number of benzene rings is 1. The van der Waals surface area contributed by atoms with Crippen LogP contribution in [0.3, 0.4) is 0 Å². The molecule has 0 bridgehead atoms. The van der Waals surface area contributed by atoms with E-state index in [0.717, 1.165) is 25.9 Å². The van der Waals surface area contributed by atoms with Crippen molar-refractivity contribution in [1.29, 1.82) is 0 Å². The van der Waals surface area contributed by atoms with Crippen LogP contribution in [0.25, 0.3) is 0 Å². The second kappa shape index (κ2) is 6.18. The van der Waals surface area contributed by atoms with Gasteiger partial charge in [0.15, 0.2) is 0 Å². The van der Waals surface area contributed by atoms with Gasteiger partial charge in [-0.1, -0.05) is 30.3 Å². The van der Waals surface area contributed by atoms with Gasteiger partial charge in [0, 0.05) is 18.6 Å². The molecule has 1 aromatic rings. The van der Waals surface area contributed by atoms with Crippen LogP contribution in [0.1, 0.15) is 31.7 Å². The van der Waals surface area contributed by atoms with E-state index in [0.29, 0.717) is 18.1 Å². The fourth-order valence-electron chi connectivity index (χ4n) is 2.71. The largest absolute Gasteiger partial charge is 0.378 e. The molecule has 2 nitrogen and oxygen atoms in total. The van der Waals surface area contributed by atoms with E-state index in [4.69, 9.17) is 10.5 Å². The molecule has 17 heavy (non-hydrogen) atoms. The van der Waals surface area contributed by atoms with Crippen LogP contribution in [0, 0.1) is 5.92 Å². The Balaban J connectivity index is 1.71. The normalized spacial score (nSPS) is 26.0. The minimum Gasteiger partial charge on any atom is -0.378 e. The number of hydrogen-bond acceptors (Lipinski definition) is 2. The molecule has 0 aromatic heterocycles. The second-order valence-corrected chi connectivity index (χ2v) is 5.07. The van der Waals surface area contributed by atoms with Crippen molar-refractivity contribution in [1.82, 2.24) is 0 Å². The Morgan fingerprint density at radius 2 is 2.12 bits per heavy atom. The van der Waals surface area contributed by atoms with Crippen molar-refractivity contribution in [2.45, 2.75) is 44.8 Å². The van der Waals surface area contributed by atoms with Crippen molar-refractivity contribution in [3.8, 4) is 0 Å². The van der Waals surface area contributed by atoms with E-state index in [2.05, 4.69) is 37.3 Å². The molecule has 2 rings (SSSR count). The Hall–Kier alpha value is -0.860. The summed E-state index contributed by atoms with van der Waals surface area (Å²) in [6, 6.07) is 10.9. The van der Waals surface area contributed by atoms with Gasteiger partial charge in [-0.3, -0.25) is 0 Å². The predicted octanol–water partition coefficient (Wildman–Crippen LogP) is 2.76. The topological polar surface area (TPSA) is 35.2 Å². The van der Waals surface area contributed by atoms with Crippen molar-refractivity contribution in [2.24, 2.45) is 11.7 Å². The third kappa shape index (κ3) is 3.55. The lowest BCUT2D eigenvalue weighted by molar-refractivity contribution is 0.0984. The molecule has 0 spiro atoms. The smallest absolute Gasteiger partial charge is 0.0590 e. The van der Waals surface area contributed by atoms with Crippen LogP contribution in [-0.4, -0.2) is 18.8 Å². The molecule has 1 aromatic carbocycles. The molecule has 1 aliphatic rings. The Morgan fingerprint density at radius 3 is 2.76 bits per heavy atom. The summed E-state index contributed by atoms with van der Waals surface area (Å²) in [6.45, 7) is 3.03. The van der Waals surface area contributed by atoms with Crippen LogP contribution in [0.2, 0.25) is 0 Å². The zero-order chi connectivity index (χ0) is 12.1. The molecule has 2 N–H and O–H groups in total. The van der Waals surface area contributed by atoms with Crippen LogP contribution in [0.4, 0.5) is 0 Å². The van der Waals surface area contributed by atoms with Gasteiger partial charge in [0.2, 0.25) is 0 Å². The van der Waals surface area contributed by atoms with Crippen LogP contribution < -0.4 is 5.73 Å². The molecule has 0 aliphatic carbocycles. The van der Waals surface area contributed by atoms with Gasteiger partial charge >= 0.3 is 0 Å². The first kappa shape index (κ1) is 12.6. The summed E-state index contributed by atoms with van der Waals surface area (Å²) in [4.78, 5) is 0.